The summed E-state index contributed by atoms with van der Waals surface area (Å²) in [5.74, 6) is 0.282. The van der Waals surface area contributed by atoms with Crippen molar-refractivity contribution in [2.75, 3.05) is 13.2 Å². The number of carbonyl (C=O) groups is 2. The van der Waals surface area contributed by atoms with Crippen LogP contribution in [0.1, 0.15) is 46.3 Å². The molecule has 0 radical (unpaired) electrons. The van der Waals surface area contributed by atoms with Gasteiger partial charge in [0.1, 0.15) is 11.4 Å². The Morgan fingerprint density at radius 1 is 1.36 bits per heavy atom. The molecule has 8 nitrogen and oxygen atoms in total. The number of carbonyl (C=O) groups excluding carboxylic acids is 2. The molecule has 0 unspecified atom stereocenters. The lowest BCUT2D eigenvalue weighted by Gasteiger charge is -2.21. The summed E-state index contributed by atoms with van der Waals surface area (Å²) in [6.45, 7) is 3.39. The van der Waals surface area contributed by atoms with Crippen LogP contribution < -0.4 is 10.1 Å². The first-order valence-electron chi connectivity index (χ1n) is 9.62. The molecule has 1 aromatic carbocycles. The molecule has 4 rings (SSSR count). The SMILES string of the molecule is CCOc1ccc(CN(C(=O)c2cc3n(n2)C[C@H](O)CNC3=O)C2CC2)cc1. The van der Waals surface area contributed by atoms with Crippen molar-refractivity contribution >= 4 is 11.8 Å². The highest BCUT2D eigenvalue weighted by atomic mass is 16.5. The highest BCUT2D eigenvalue weighted by Crippen LogP contribution is 2.30. The summed E-state index contributed by atoms with van der Waals surface area (Å²) in [5.41, 5.74) is 1.55. The van der Waals surface area contributed by atoms with Crippen molar-refractivity contribution in [1.29, 1.82) is 0 Å². The van der Waals surface area contributed by atoms with Gasteiger partial charge >= 0.3 is 0 Å². The molecule has 28 heavy (non-hydrogen) atoms. The number of aliphatic hydroxyl groups excluding tert-OH is 1. The van der Waals surface area contributed by atoms with Gasteiger partial charge in [-0.05, 0) is 37.5 Å². The molecule has 0 saturated heterocycles. The number of aromatic nitrogens is 2. The Kier molecular flexibility index (Phi) is 5.04. The van der Waals surface area contributed by atoms with Crippen molar-refractivity contribution in [2.45, 2.75) is 45.0 Å². The molecular formula is C20H24N4O4. The zero-order chi connectivity index (χ0) is 19.7. The van der Waals surface area contributed by atoms with Crippen LogP contribution in [0, 0.1) is 0 Å². The maximum atomic E-state index is 13.1. The van der Waals surface area contributed by atoms with Gasteiger partial charge in [0.05, 0.1) is 19.3 Å². The van der Waals surface area contributed by atoms with E-state index in [0.717, 1.165) is 24.2 Å². The van der Waals surface area contributed by atoms with E-state index >= 15 is 0 Å². The largest absolute Gasteiger partial charge is 0.494 e. The van der Waals surface area contributed by atoms with Crippen LogP contribution in [0.15, 0.2) is 30.3 Å². The van der Waals surface area contributed by atoms with E-state index in [9.17, 15) is 14.7 Å². The summed E-state index contributed by atoms with van der Waals surface area (Å²) in [6, 6.07) is 9.43. The Bertz CT molecular complexity index is 873. The summed E-state index contributed by atoms with van der Waals surface area (Å²) in [5, 5.41) is 16.8. The molecule has 1 aliphatic carbocycles. The normalized spacial score (nSPS) is 18.8. The van der Waals surface area contributed by atoms with Crippen LogP contribution in [0.2, 0.25) is 0 Å². The number of nitrogens with one attached hydrogen (secondary N) is 1. The number of hydrogen-bond donors (Lipinski definition) is 2. The fraction of sp³-hybridized carbons (Fsp3) is 0.450. The Morgan fingerprint density at radius 3 is 2.79 bits per heavy atom. The van der Waals surface area contributed by atoms with Gasteiger partial charge in [0, 0.05) is 25.2 Å². The van der Waals surface area contributed by atoms with Crippen molar-refractivity contribution in [1.82, 2.24) is 20.0 Å². The van der Waals surface area contributed by atoms with Crippen LogP contribution in [0.25, 0.3) is 0 Å². The molecule has 2 amide bonds. The van der Waals surface area contributed by atoms with E-state index in [4.69, 9.17) is 4.74 Å². The number of amides is 2. The molecular weight excluding hydrogens is 360 g/mol. The number of nitrogens with zero attached hydrogens (tertiary/aromatic N) is 3. The van der Waals surface area contributed by atoms with Gasteiger partial charge in [-0.3, -0.25) is 14.3 Å². The van der Waals surface area contributed by atoms with Crippen molar-refractivity contribution < 1.29 is 19.4 Å². The monoisotopic (exact) mass is 384 g/mol. The van der Waals surface area contributed by atoms with Crippen LogP contribution in [0.3, 0.4) is 0 Å². The number of aliphatic hydroxyl groups is 1. The van der Waals surface area contributed by atoms with Gasteiger partial charge in [0.2, 0.25) is 0 Å². The van der Waals surface area contributed by atoms with Crippen LogP contribution in [0.5, 0.6) is 5.75 Å². The van der Waals surface area contributed by atoms with Gasteiger partial charge in [0.15, 0.2) is 5.69 Å². The molecule has 1 saturated carbocycles. The second kappa shape index (κ2) is 7.63. The summed E-state index contributed by atoms with van der Waals surface area (Å²) in [6.07, 6.45) is 1.21. The number of ether oxygens (including phenoxy) is 1. The number of β-amino-alcohol motifs (C(OH)–C–C–N with tert-alkyl or cyclic N) is 1. The van der Waals surface area contributed by atoms with Crippen LogP contribution >= 0.6 is 0 Å². The number of hydrogen-bond acceptors (Lipinski definition) is 5. The first-order chi connectivity index (χ1) is 13.5. The fourth-order valence-electron chi connectivity index (χ4n) is 3.36. The van der Waals surface area contributed by atoms with Crippen LogP contribution in [0.4, 0.5) is 0 Å². The molecule has 1 atom stereocenters. The summed E-state index contributed by atoms with van der Waals surface area (Å²) >= 11 is 0. The predicted molar refractivity (Wildman–Crippen MR) is 101 cm³/mol. The highest BCUT2D eigenvalue weighted by Gasteiger charge is 2.35. The van der Waals surface area contributed by atoms with Crippen LogP contribution in [-0.4, -0.2) is 56.9 Å². The van der Waals surface area contributed by atoms with Crippen molar-refractivity contribution in [2.24, 2.45) is 0 Å². The van der Waals surface area contributed by atoms with Gasteiger partial charge in [-0.25, -0.2) is 0 Å². The third-order valence-corrected chi connectivity index (χ3v) is 4.95. The van der Waals surface area contributed by atoms with Gasteiger partial charge in [-0.15, -0.1) is 0 Å². The number of fused-ring (bicyclic) bond motifs is 1. The van der Waals surface area contributed by atoms with E-state index < -0.39 is 6.10 Å². The van der Waals surface area contributed by atoms with E-state index in [1.807, 2.05) is 36.1 Å². The molecule has 0 spiro atoms. The average molecular weight is 384 g/mol. The number of rotatable bonds is 6. The summed E-state index contributed by atoms with van der Waals surface area (Å²) < 4.78 is 6.89. The topological polar surface area (TPSA) is 96.7 Å². The number of benzene rings is 1. The first kappa shape index (κ1) is 18.5. The second-order valence-electron chi connectivity index (χ2n) is 7.20. The maximum Gasteiger partial charge on any atom is 0.274 e. The van der Waals surface area contributed by atoms with Crippen molar-refractivity contribution in [3.05, 3.63) is 47.3 Å². The summed E-state index contributed by atoms with van der Waals surface area (Å²) in [7, 11) is 0. The predicted octanol–water partition coefficient (Wildman–Crippen LogP) is 1.19. The van der Waals surface area contributed by atoms with Gasteiger partial charge < -0.3 is 20.1 Å². The van der Waals surface area contributed by atoms with Gasteiger partial charge in [-0.1, -0.05) is 12.1 Å². The molecule has 8 heteroatoms. The Morgan fingerprint density at radius 2 is 2.11 bits per heavy atom. The minimum atomic E-state index is -0.726. The quantitative estimate of drug-likeness (QED) is 0.780. The summed E-state index contributed by atoms with van der Waals surface area (Å²) in [4.78, 5) is 27.1. The zero-order valence-corrected chi connectivity index (χ0v) is 15.8. The molecule has 0 bridgehead atoms. The van der Waals surface area contributed by atoms with E-state index in [1.54, 1.807) is 0 Å². The van der Waals surface area contributed by atoms with Crippen LogP contribution in [-0.2, 0) is 13.1 Å². The minimum Gasteiger partial charge on any atom is -0.494 e. The lowest BCUT2D eigenvalue weighted by Crippen LogP contribution is -2.33. The lowest BCUT2D eigenvalue weighted by atomic mass is 10.2. The van der Waals surface area contributed by atoms with Gasteiger partial charge in [0.25, 0.3) is 11.8 Å². The molecule has 1 aliphatic heterocycles. The average Bonchev–Trinajstić information content (AvgIpc) is 3.46. The molecule has 148 valence electrons. The molecule has 2 heterocycles. The standard InChI is InChI=1S/C20H24N4O4/c1-2-28-16-7-3-13(4-8-16)11-23(14-5-6-14)20(27)17-9-18-19(26)21-10-15(25)12-24(18)22-17/h3-4,7-9,14-15,25H,2,5-6,10-12H2,1H3,(H,21,26)/t15-/m1/s1. The van der Waals surface area contributed by atoms with E-state index in [1.165, 1.54) is 10.7 Å². The molecule has 1 fully saturated rings. The first-order valence-corrected chi connectivity index (χ1v) is 9.62. The maximum absolute atomic E-state index is 13.1. The lowest BCUT2D eigenvalue weighted by molar-refractivity contribution is 0.0721. The molecule has 2 aliphatic rings. The third kappa shape index (κ3) is 3.87. The minimum absolute atomic E-state index is 0.178. The van der Waals surface area contributed by atoms with Crippen molar-refractivity contribution in [3.63, 3.8) is 0 Å². The highest BCUT2D eigenvalue weighted by molar-refractivity contribution is 5.98. The van der Waals surface area contributed by atoms with E-state index in [-0.39, 0.29) is 36.6 Å². The van der Waals surface area contributed by atoms with E-state index in [2.05, 4.69) is 10.4 Å². The van der Waals surface area contributed by atoms with Gasteiger partial charge in [-0.2, -0.15) is 5.10 Å². The third-order valence-electron chi connectivity index (χ3n) is 4.95. The zero-order valence-electron chi connectivity index (χ0n) is 15.8. The Hall–Kier alpha value is -2.87. The molecule has 2 N–H and O–H groups in total. The Balaban J connectivity index is 1.54. The smallest absolute Gasteiger partial charge is 0.274 e. The fourth-order valence-corrected chi connectivity index (χ4v) is 3.36. The van der Waals surface area contributed by atoms with E-state index in [0.29, 0.717) is 18.8 Å². The molecule has 2 aromatic rings. The van der Waals surface area contributed by atoms with Crippen molar-refractivity contribution in [3.8, 4) is 5.75 Å². The second-order valence-corrected chi connectivity index (χ2v) is 7.20. The molecule has 1 aromatic heterocycles. The Labute approximate surface area is 163 Å².